The van der Waals surface area contributed by atoms with Gasteiger partial charge in [0.05, 0.1) is 0 Å². The van der Waals surface area contributed by atoms with Crippen LogP contribution in [0.1, 0.15) is 5.56 Å². The molecular weight excluding hydrogens is 420 g/mol. The third-order valence-electron chi connectivity index (χ3n) is 8.30. The predicted molar refractivity (Wildman–Crippen MR) is 152 cm³/mol. The van der Waals surface area contributed by atoms with Crippen LogP contribution in [0, 0.1) is 6.92 Å². The van der Waals surface area contributed by atoms with E-state index in [1.165, 1.54) is 92.5 Å². The molecular formula is C35H20. The van der Waals surface area contributed by atoms with Crippen LogP contribution in [0.5, 0.6) is 0 Å². The van der Waals surface area contributed by atoms with Gasteiger partial charge in [0.1, 0.15) is 0 Å². The molecule has 0 radical (unpaired) electrons. The van der Waals surface area contributed by atoms with Gasteiger partial charge in [-0.2, -0.15) is 0 Å². The van der Waals surface area contributed by atoms with E-state index in [0.29, 0.717) is 0 Å². The molecule has 0 unspecified atom stereocenters. The number of rotatable bonds is 0. The normalized spacial score (nSPS) is 12.7. The Morgan fingerprint density at radius 1 is 0.371 bits per heavy atom. The van der Waals surface area contributed by atoms with Crippen molar-refractivity contribution in [3.05, 3.63) is 109 Å². The lowest BCUT2D eigenvalue weighted by Crippen LogP contribution is -1.87. The second-order valence-corrected chi connectivity index (χ2v) is 10.2. The van der Waals surface area contributed by atoms with E-state index in [1.807, 2.05) is 0 Å². The Morgan fingerprint density at radius 3 is 1.97 bits per heavy atom. The number of benzene rings is 8. The molecule has 0 saturated carbocycles. The Labute approximate surface area is 202 Å². The van der Waals surface area contributed by atoms with Crippen molar-refractivity contribution < 1.29 is 0 Å². The van der Waals surface area contributed by atoms with Gasteiger partial charge >= 0.3 is 0 Å². The summed E-state index contributed by atoms with van der Waals surface area (Å²) in [5, 5.41) is 16.3. The van der Waals surface area contributed by atoms with E-state index in [2.05, 4.69) is 110 Å². The van der Waals surface area contributed by atoms with E-state index in [9.17, 15) is 0 Å². The third kappa shape index (κ3) is 2.10. The minimum atomic E-state index is 1.30. The molecule has 9 rings (SSSR count). The first-order valence-corrected chi connectivity index (χ1v) is 12.4. The van der Waals surface area contributed by atoms with Crippen molar-refractivity contribution in [1.82, 2.24) is 0 Å². The summed E-state index contributed by atoms with van der Waals surface area (Å²) < 4.78 is 0. The molecule has 1 aliphatic carbocycles. The zero-order chi connectivity index (χ0) is 22.8. The van der Waals surface area contributed by atoms with Gasteiger partial charge in [-0.05, 0) is 112 Å². The lowest BCUT2D eigenvalue weighted by atomic mass is 9.88. The fourth-order valence-corrected chi connectivity index (χ4v) is 6.89. The zero-order valence-electron chi connectivity index (χ0n) is 19.3. The molecule has 0 heteroatoms. The largest absolute Gasteiger partial charge is 0.0616 e. The highest BCUT2D eigenvalue weighted by Gasteiger charge is 2.27. The van der Waals surface area contributed by atoms with Crippen molar-refractivity contribution in [2.24, 2.45) is 0 Å². The van der Waals surface area contributed by atoms with Crippen LogP contribution < -0.4 is 0 Å². The number of fused-ring (bicyclic) bond motifs is 8. The predicted octanol–water partition coefficient (Wildman–Crippen LogP) is 10.00. The summed E-state index contributed by atoms with van der Waals surface area (Å²) in [4.78, 5) is 0. The average molecular weight is 441 g/mol. The minimum Gasteiger partial charge on any atom is -0.0616 e. The van der Waals surface area contributed by atoms with Gasteiger partial charge in [0.25, 0.3) is 0 Å². The quantitative estimate of drug-likeness (QED) is 0.206. The second kappa shape index (κ2) is 5.98. The van der Waals surface area contributed by atoms with Crippen LogP contribution in [-0.2, 0) is 0 Å². The molecule has 0 nitrogen and oxygen atoms in total. The highest BCUT2D eigenvalue weighted by Crippen LogP contribution is 2.55. The van der Waals surface area contributed by atoms with E-state index >= 15 is 0 Å². The van der Waals surface area contributed by atoms with Crippen molar-refractivity contribution in [3.63, 3.8) is 0 Å². The van der Waals surface area contributed by atoms with Crippen molar-refractivity contribution >= 4 is 64.6 Å². The smallest absolute Gasteiger partial charge is 0.00132 e. The molecule has 0 aromatic heterocycles. The van der Waals surface area contributed by atoms with Gasteiger partial charge in [-0.3, -0.25) is 0 Å². The van der Waals surface area contributed by atoms with Crippen LogP contribution in [-0.4, -0.2) is 0 Å². The number of hydrogen-bond acceptors (Lipinski definition) is 0. The maximum Gasteiger partial charge on any atom is -0.00132 e. The van der Waals surface area contributed by atoms with Crippen LogP contribution in [0.3, 0.4) is 0 Å². The Balaban J connectivity index is 1.59. The Hall–Kier alpha value is -4.42. The van der Waals surface area contributed by atoms with Crippen molar-refractivity contribution in [2.75, 3.05) is 0 Å². The standard InChI is InChI=1S/C35H20/c1-19-9-13-26-24(15-19)18-29-28-17-23-11-10-20-6-4-7-21-12-14-27(32(23)31(20)21)33(28)30-16-22-5-2-3-8-25(22)34(26)35(29)30/h2-18H,1H3. The van der Waals surface area contributed by atoms with Crippen LogP contribution in [0.25, 0.3) is 86.9 Å². The van der Waals surface area contributed by atoms with Gasteiger partial charge in [0, 0.05) is 0 Å². The van der Waals surface area contributed by atoms with E-state index in [1.54, 1.807) is 0 Å². The third-order valence-corrected chi connectivity index (χ3v) is 8.30. The summed E-state index contributed by atoms with van der Waals surface area (Å²) in [7, 11) is 0. The second-order valence-electron chi connectivity index (χ2n) is 10.2. The number of aryl methyl sites for hydroxylation is 1. The van der Waals surface area contributed by atoms with Crippen LogP contribution in [0.2, 0.25) is 0 Å². The van der Waals surface area contributed by atoms with Crippen molar-refractivity contribution in [2.45, 2.75) is 6.92 Å². The molecule has 0 fully saturated rings. The van der Waals surface area contributed by atoms with E-state index in [0.717, 1.165) is 0 Å². The molecule has 35 heavy (non-hydrogen) atoms. The lowest BCUT2D eigenvalue weighted by Gasteiger charge is -2.15. The molecule has 0 amide bonds. The Kier molecular flexibility index (Phi) is 3.07. The lowest BCUT2D eigenvalue weighted by molar-refractivity contribution is 1.51. The van der Waals surface area contributed by atoms with Gasteiger partial charge in [-0.15, -0.1) is 0 Å². The van der Waals surface area contributed by atoms with Crippen molar-refractivity contribution in [1.29, 1.82) is 0 Å². The van der Waals surface area contributed by atoms with Gasteiger partial charge in [0.15, 0.2) is 0 Å². The summed E-state index contributed by atoms with van der Waals surface area (Å²) in [6, 6.07) is 39.1. The molecule has 0 heterocycles. The monoisotopic (exact) mass is 440 g/mol. The minimum absolute atomic E-state index is 1.30. The highest BCUT2D eigenvalue weighted by molar-refractivity contribution is 6.36. The highest BCUT2D eigenvalue weighted by atomic mass is 14.3. The molecule has 0 N–H and O–H groups in total. The van der Waals surface area contributed by atoms with Crippen LogP contribution in [0.15, 0.2) is 103 Å². The molecule has 0 saturated heterocycles. The number of hydrogen-bond donors (Lipinski definition) is 0. The first-order valence-electron chi connectivity index (χ1n) is 12.4. The van der Waals surface area contributed by atoms with E-state index in [-0.39, 0.29) is 0 Å². The molecule has 8 aromatic rings. The van der Waals surface area contributed by atoms with Gasteiger partial charge < -0.3 is 0 Å². The summed E-state index contributed by atoms with van der Waals surface area (Å²) in [6.07, 6.45) is 0. The van der Waals surface area contributed by atoms with E-state index in [4.69, 9.17) is 0 Å². The van der Waals surface area contributed by atoms with Gasteiger partial charge in [-0.25, -0.2) is 0 Å². The fourth-order valence-electron chi connectivity index (χ4n) is 6.89. The molecule has 0 aliphatic heterocycles. The molecule has 0 spiro atoms. The first-order chi connectivity index (χ1) is 17.3. The van der Waals surface area contributed by atoms with Crippen LogP contribution >= 0.6 is 0 Å². The maximum absolute atomic E-state index is 2.45. The summed E-state index contributed by atoms with van der Waals surface area (Å²) in [5.41, 5.74) is 6.82. The molecule has 1 aliphatic rings. The van der Waals surface area contributed by atoms with Gasteiger partial charge in [0.2, 0.25) is 0 Å². The molecule has 0 atom stereocenters. The Morgan fingerprint density at radius 2 is 1.06 bits per heavy atom. The van der Waals surface area contributed by atoms with Gasteiger partial charge in [-0.1, -0.05) is 90.5 Å². The SMILES string of the molecule is Cc1ccc2c(c1)cc1c3c(cc4ccccc4c32)-c2c-1cc1ccc3cccc4ccc2c1c34. The zero-order valence-corrected chi connectivity index (χ0v) is 19.3. The fraction of sp³-hybridized carbons (Fsp3) is 0.0286. The summed E-state index contributed by atoms with van der Waals surface area (Å²) >= 11 is 0. The maximum atomic E-state index is 2.45. The van der Waals surface area contributed by atoms with Crippen LogP contribution in [0.4, 0.5) is 0 Å². The first kappa shape index (κ1) is 18.0. The molecule has 8 aromatic carbocycles. The Bertz CT molecular complexity index is 2200. The summed E-state index contributed by atoms with van der Waals surface area (Å²) in [6.45, 7) is 2.19. The average Bonchev–Trinajstić information content (AvgIpc) is 3.20. The molecule has 0 bridgehead atoms. The molecule has 160 valence electrons. The van der Waals surface area contributed by atoms with E-state index < -0.39 is 0 Å². The van der Waals surface area contributed by atoms with Crippen molar-refractivity contribution in [3.8, 4) is 22.3 Å². The topological polar surface area (TPSA) is 0 Å². The summed E-state index contributed by atoms with van der Waals surface area (Å²) in [5.74, 6) is 0.